The van der Waals surface area contributed by atoms with Crippen LogP contribution in [0.25, 0.3) is 0 Å². The number of rotatable bonds is 6. The molecular weight excluding hydrogens is 256 g/mol. The molecule has 0 radical (unpaired) electrons. The minimum absolute atomic E-state index is 0.0581. The first-order chi connectivity index (χ1) is 9.74. The zero-order chi connectivity index (χ0) is 14.2. The van der Waals surface area contributed by atoms with Gasteiger partial charge in [0.2, 0.25) is 5.96 Å². The van der Waals surface area contributed by atoms with Crippen LogP contribution in [0, 0.1) is 0 Å². The molecular formula is C14H20N4O2. The smallest absolute Gasteiger partial charge is 0.211 e. The highest BCUT2D eigenvalue weighted by molar-refractivity contribution is 5.81. The Morgan fingerprint density at radius 1 is 1.45 bits per heavy atom. The van der Waals surface area contributed by atoms with Crippen molar-refractivity contribution in [2.75, 3.05) is 13.2 Å². The van der Waals surface area contributed by atoms with Crippen LogP contribution >= 0.6 is 0 Å². The van der Waals surface area contributed by atoms with Gasteiger partial charge in [-0.2, -0.15) is 5.10 Å². The minimum Gasteiger partial charge on any atom is -0.376 e. The molecule has 2 rings (SSSR count). The summed E-state index contributed by atoms with van der Waals surface area (Å²) >= 11 is 0. The zero-order valence-corrected chi connectivity index (χ0v) is 11.4. The Bertz CT molecular complexity index is 478. The summed E-state index contributed by atoms with van der Waals surface area (Å²) in [4.78, 5) is 0. The Labute approximate surface area is 118 Å². The fraction of sp³-hybridized carbons (Fsp3) is 0.429. The molecule has 6 nitrogen and oxygen atoms in total. The minimum atomic E-state index is -0.0581. The quantitative estimate of drug-likeness (QED) is 0.460. The number of hydrogen-bond acceptors (Lipinski definition) is 4. The van der Waals surface area contributed by atoms with Crippen LogP contribution in [0.2, 0.25) is 0 Å². The van der Waals surface area contributed by atoms with E-state index in [0.717, 1.165) is 30.6 Å². The Morgan fingerprint density at radius 3 is 3.10 bits per heavy atom. The summed E-state index contributed by atoms with van der Waals surface area (Å²) < 4.78 is 11.2. The lowest BCUT2D eigenvalue weighted by atomic mass is 10.1. The summed E-state index contributed by atoms with van der Waals surface area (Å²) in [6, 6.07) is 7.87. The lowest BCUT2D eigenvalue weighted by Crippen LogP contribution is -2.21. The molecule has 0 bridgehead atoms. The first-order valence-corrected chi connectivity index (χ1v) is 6.64. The summed E-state index contributed by atoms with van der Waals surface area (Å²) in [5, 5.41) is 7.34. The lowest BCUT2D eigenvalue weighted by Gasteiger charge is -2.10. The second kappa shape index (κ2) is 7.62. The number of benzene rings is 1. The van der Waals surface area contributed by atoms with Gasteiger partial charge in [0.25, 0.3) is 0 Å². The molecule has 0 amide bonds. The molecule has 6 heteroatoms. The molecule has 0 spiro atoms. The summed E-state index contributed by atoms with van der Waals surface area (Å²) in [6.07, 6.45) is 4.07. The van der Waals surface area contributed by atoms with Crippen molar-refractivity contribution in [2.45, 2.75) is 25.6 Å². The van der Waals surface area contributed by atoms with Gasteiger partial charge in [0.1, 0.15) is 0 Å². The van der Waals surface area contributed by atoms with E-state index in [2.05, 4.69) is 10.2 Å². The normalized spacial score (nSPS) is 18.5. The van der Waals surface area contributed by atoms with E-state index in [0.29, 0.717) is 13.2 Å². The molecule has 1 heterocycles. The molecule has 1 atom stereocenters. The third-order valence-electron chi connectivity index (χ3n) is 2.93. The number of nitrogens with two attached hydrogens (primary N) is 2. The molecule has 0 aliphatic carbocycles. The van der Waals surface area contributed by atoms with Gasteiger partial charge in [-0.25, -0.2) is 0 Å². The van der Waals surface area contributed by atoms with E-state index in [1.54, 1.807) is 6.21 Å². The highest BCUT2D eigenvalue weighted by Gasteiger charge is 2.15. The zero-order valence-electron chi connectivity index (χ0n) is 11.4. The topological polar surface area (TPSA) is 95.2 Å². The Morgan fingerprint density at radius 2 is 2.35 bits per heavy atom. The summed E-state index contributed by atoms with van der Waals surface area (Å²) in [5.41, 5.74) is 12.4. The van der Waals surface area contributed by atoms with Gasteiger partial charge >= 0.3 is 0 Å². The van der Waals surface area contributed by atoms with Crippen molar-refractivity contribution >= 4 is 12.2 Å². The van der Waals surface area contributed by atoms with Crippen molar-refractivity contribution in [1.82, 2.24) is 0 Å². The van der Waals surface area contributed by atoms with Gasteiger partial charge in [-0.1, -0.05) is 18.2 Å². The van der Waals surface area contributed by atoms with Crippen molar-refractivity contribution in [3.8, 4) is 0 Å². The predicted octanol–water partition coefficient (Wildman–Crippen LogP) is 0.989. The highest BCUT2D eigenvalue weighted by atomic mass is 16.5. The van der Waals surface area contributed by atoms with E-state index in [-0.39, 0.29) is 12.1 Å². The van der Waals surface area contributed by atoms with E-state index in [1.165, 1.54) is 0 Å². The fourth-order valence-corrected chi connectivity index (χ4v) is 2.01. The van der Waals surface area contributed by atoms with Crippen molar-refractivity contribution in [1.29, 1.82) is 0 Å². The van der Waals surface area contributed by atoms with Gasteiger partial charge < -0.3 is 20.9 Å². The summed E-state index contributed by atoms with van der Waals surface area (Å²) in [6.45, 7) is 2.06. The number of hydrogen-bond donors (Lipinski definition) is 2. The lowest BCUT2D eigenvalue weighted by molar-refractivity contribution is 0.0106. The molecule has 4 N–H and O–H groups in total. The van der Waals surface area contributed by atoms with Crippen LogP contribution in [-0.4, -0.2) is 31.5 Å². The van der Waals surface area contributed by atoms with Crippen LogP contribution < -0.4 is 11.5 Å². The summed E-state index contributed by atoms with van der Waals surface area (Å²) in [7, 11) is 0. The fourth-order valence-electron chi connectivity index (χ4n) is 2.01. The molecule has 1 aromatic rings. The van der Waals surface area contributed by atoms with Gasteiger partial charge in [-0.05, 0) is 30.0 Å². The standard InChI is InChI=1S/C14H20N4O2/c15-14(16)18-17-8-11-3-1-4-12(7-11)9-19-10-13-5-2-6-20-13/h1,3-4,7-8,13H,2,5-6,9-10H2,(H4,15,16,18). The van der Waals surface area contributed by atoms with Crippen molar-refractivity contribution in [2.24, 2.45) is 21.7 Å². The molecule has 108 valence electrons. The molecule has 0 aromatic heterocycles. The summed E-state index contributed by atoms with van der Waals surface area (Å²) in [5.74, 6) is -0.0581. The van der Waals surface area contributed by atoms with Crippen LogP contribution in [0.5, 0.6) is 0 Å². The Hall–Kier alpha value is -1.92. The van der Waals surface area contributed by atoms with Crippen LogP contribution in [0.3, 0.4) is 0 Å². The maximum atomic E-state index is 5.66. The van der Waals surface area contributed by atoms with Crippen LogP contribution in [0.1, 0.15) is 24.0 Å². The average molecular weight is 276 g/mol. The Kier molecular flexibility index (Phi) is 5.52. The number of ether oxygens (including phenoxy) is 2. The van der Waals surface area contributed by atoms with Crippen molar-refractivity contribution in [3.63, 3.8) is 0 Å². The van der Waals surface area contributed by atoms with Gasteiger partial charge in [0, 0.05) is 6.61 Å². The molecule has 20 heavy (non-hydrogen) atoms. The van der Waals surface area contributed by atoms with E-state index in [4.69, 9.17) is 20.9 Å². The molecule has 1 saturated heterocycles. The molecule has 1 aromatic carbocycles. The molecule has 1 aliphatic heterocycles. The second-order valence-corrected chi connectivity index (χ2v) is 4.66. The van der Waals surface area contributed by atoms with Gasteiger partial charge in [-0.3, -0.25) is 0 Å². The number of guanidine groups is 1. The van der Waals surface area contributed by atoms with E-state index >= 15 is 0 Å². The van der Waals surface area contributed by atoms with E-state index < -0.39 is 0 Å². The molecule has 1 unspecified atom stereocenters. The Balaban J connectivity index is 1.82. The maximum Gasteiger partial charge on any atom is 0.211 e. The SMILES string of the molecule is NC(N)=NN=Cc1cccc(COCC2CCCO2)c1. The third-order valence-corrected chi connectivity index (χ3v) is 2.93. The molecule has 0 saturated carbocycles. The van der Waals surface area contributed by atoms with Crippen molar-refractivity contribution in [3.05, 3.63) is 35.4 Å². The highest BCUT2D eigenvalue weighted by Crippen LogP contribution is 2.13. The van der Waals surface area contributed by atoms with Gasteiger partial charge in [0.05, 0.1) is 25.5 Å². The van der Waals surface area contributed by atoms with Gasteiger partial charge in [-0.15, -0.1) is 5.10 Å². The monoisotopic (exact) mass is 276 g/mol. The van der Waals surface area contributed by atoms with Crippen LogP contribution in [0.15, 0.2) is 34.5 Å². The molecule has 1 fully saturated rings. The van der Waals surface area contributed by atoms with Crippen LogP contribution in [0.4, 0.5) is 0 Å². The predicted molar refractivity (Wildman–Crippen MR) is 78.5 cm³/mol. The molecule has 1 aliphatic rings. The van der Waals surface area contributed by atoms with Gasteiger partial charge in [0.15, 0.2) is 0 Å². The van der Waals surface area contributed by atoms with Crippen molar-refractivity contribution < 1.29 is 9.47 Å². The second-order valence-electron chi connectivity index (χ2n) is 4.66. The largest absolute Gasteiger partial charge is 0.376 e. The maximum absolute atomic E-state index is 5.66. The first kappa shape index (κ1) is 14.5. The van der Waals surface area contributed by atoms with Crippen LogP contribution in [-0.2, 0) is 16.1 Å². The van der Waals surface area contributed by atoms with E-state index in [1.807, 2.05) is 24.3 Å². The first-order valence-electron chi connectivity index (χ1n) is 6.64. The number of nitrogens with zero attached hydrogens (tertiary/aromatic N) is 2. The average Bonchev–Trinajstić information content (AvgIpc) is 2.92. The van der Waals surface area contributed by atoms with E-state index in [9.17, 15) is 0 Å². The third kappa shape index (κ3) is 4.99.